The molecule has 2 N–H and O–H groups in total. The van der Waals surface area contributed by atoms with E-state index < -0.39 is 10.0 Å². The van der Waals surface area contributed by atoms with Crippen LogP contribution in [-0.2, 0) is 10.0 Å². The summed E-state index contributed by atoms with van der Waals surface area (Å²) in [6, 6.07) is 7.07. The number of ether oxygens (including phenoxy) is 1. The lowest BCUT2D eigenvalue weighted by atomic mass is 10.1. The standard InChI is InChI=1S/C14H22N2O3S/c1-2-16-20(17,18)14-9-4-3-8-13(14)19-11-12-7-5-6-10-15-12/h3-4,8-9,12,15-16H,2,5-7,10-11H2,1H3. The summed E-state index contributed by atoms with van der Waals surface area (Å²) in [7, 11) is -3.49. The number of para-hydroxylation sites is 1. The zero-order chi connectivity index (χ0) is 14.4. The van der Waals surface area contributed by atoms with Crippen molar-refractivity contribution in [3.05, 3.63) is 24.3 Å². The van der Waals surface area contributed by atoms with Crippen LogP contribution >= 0.6 is 0 Å². The van der Waals surface area contributed by atoms with Gasteiger partial charge in [-0.05, 0) is 31.5 Å². The Hall–Kier alpha value is -1.11. The van der Waals surface area contributed by atoms with Gasteiger partial charge in [-0.3, -0.25) is 0 Å². The fourth-order valence-electron chi connectivity index (χ4n) is 2.32. The Morgan fingerprint density at radius 3 is 2.85 bits per heavy atom. The maximum Gasteiger partial charge on any atom is 0.244 e. The normalized spacial score (nSPS) is 19.8. The summed E-state index contributed by atoms with van der Waals surface area (Å²) in [5.74, 6) is 0.417. The molecule has 0 bridgehead atoms. The van der Waals surface area contributed by atoms with Crippen molar-refractivity contribution in [1.29, 1.82) is 0 Å². The lowest BCUT2D eigenvalue weighted by Crippen LogP contribution is -2.38. The second kappa shape index (κ2) is 7.06. The van der Waals surface area contributed by atoms with Crippen LogP contribution in [0.15, 0.2) is 29.2 Å². The second-order valence-corrected chi connectivity index (χ2v) is 6.64. The predicted octanol–water partition coefficient (Wildman–Crippen LogP) is 1.51. The lowest BCUT2D eigenvalue weighted by molar-refractivity contribution is 0.234. The maximum absolute atomic E-state index is 12.1. The summed E-state index contributed by atoms with van der Waals surface area (Å²) in [6.07, 6.45) is 3.46. The van der Waals surface area contributed by atoms with Crippen LogP contribution in [0, 0.1) is 0 Å². The quantitative estimate of drug-likeness (QED) is 0.835. The highest BCUT2D eigenvalue weighted by Gasteiger charge is 2.19. The largest absolute Gasteiger partial charge is 0.491 e. The van der Waals surface area contributed by atoms with E-state index in [9.17, 15) is 8.42 Å². The molecule has 5 nitrogen and oxygen atoms in total. The number of piperidine rings is 1. The van der Waals surface area contributed by atoms with Gasteiger partial charge < -0.3 is 10.1 Å². The molecule has 1 fully saturated rings. The van der Waals surface area contributed by atoms with Crippen LogP contribution in [0.3, 0.4) is 0 Å². The molecule has 0 spiro atoms. The van der Waals surface area contributed by atoms with Crippen LogP contribution in [0.4, 0.5) is 0 Å². The van der Waals surface area contributed by atoms with E-state index in [-0.39, 0.29) is 4.90 Å². The third-order valence-corrected chi connectivity index (χ3v) is 4.91. The van der Waals surface area contributed by atoms with Crippen LogP contribution in [-0.4, -0.2) is 34.2 Å². The van der Waals surface area contributed by atoms with Crippen LogP contribution in [0.1, 0.15) is 26.2 Å². The molecule has 6 heteroatoms. The molecule has 112 valence electrons. The first-order valence-corrected chi connectivity index (χ1v) is 8.56. The van der Waals surface area contributed by atoms with Gasteiger partial charge >= 0.3 is 0 Å². The molecule has 1 heterocycles. The van der Waals surface area contributed by atoms with Gasteiger partial charge in [0, 0.05) is 12.6 Å². The summed E-state index contributed by atoms with van der Waals surface area (Å²) < 4.78 is 32.4. The molecule has 0 aromatic heterocycles. The molecule has 1 aliphatic heterocycles. The van der Waals surface area contributed by atoms with E-state index in [1.807, 2.05) is 0 Å². The van der Waals surface area contributed by atoms with E-state index in [0.29, 0.717) is 24.9 Å². The zero-order valence-electron chi connectivity index (χ0n) is 11.8. The number of rotatable bonds is 6. The minimum atomic E-state index is -3.49. The summed E-state index contributed by atoms with van der Waals surface area (Å²) in [5.41, 5.74) is 0. The van der Waals surface area contributed by atoms with E-state index in [4.69, 9.17) is 4.74 Å². The minimum absolute atomic E-state index is 0.206. The van der Waals surface area contributed by atoms with E-state index in [1.54, 1.807) is 31.2 Å². The molecule has 0 saturated carbocycles. The first kappa shape index (κ1) is 15.3. The molecule has 1 unspecified atom stereocenters. The number of sulfonamides is 1. The predicted molar refractivity (Wildman–Crippen MR) is 78.4 cm³/mol. The average molecular weight is 298 g/mol. The molecule has 20 heavy (non-hydrogen) atoms. The van der Waals surface area contributed by atoms with E-state index in [0.717, 1.165) is 13.0 Å². The molecule has 1 aromatic carbocycles. The van der Waals surface area contributed by atoms with Gasteiger partial charge in [-0.2, -0.15) is 0 Å². The Balaban J connectivity index is 2.07. The maximum atomic E-state index is 12.1. The van der Waals surface area contributed by atoms with Crippen molar-refractivity contribution in [2.45, 2.75) is 37.1 Å². The van der Waals surface area contributed by atoms with Crippen LogP contribution in [0.2, 0.25) is 0 Å². The Morgan fingerprint density at radius 2 is 2.15 bits per heavy atom. The van der Waals surface area contributed by atoms with Gasteiger partial charge in [0.1, 0.15) is 17.3 Å². The van der Waals surface area contributed by atoms with Gasteiger partial charge in [-0.25, -0.2) is 13.1 Å². The molecule has 0 radical (unpaired) electrons. The third-order valence-electron chi connectivity index (χ3n) is 3.33. The van der Waals surface area contributed by atoms with Gasteiger partial charge in [0.2, 0.25) is 10.0 Å². The van der Waals surface area contributed by atoms with Gasteiger partial charge in [-0.1, -0.05) is 25.5 Å². The number of hydrogen-bond donors (Lipinski definition) is 2. The van der Waals surface area contributed by atoms with Gasteiger partial charge in [0.15, 0.2) is 0 Å². The average Bonchev–Trinajstić information content (AvgIpc) is 2.46. The van der Waals surface area contributed by atoms with E-state index in [1.165, 1.54) is 12.8 Å². The van der Waals surface area contributed by atoms with Crippen molar-refractivity contribution in [3.63, 3.8) is 0 Å². The van der Waals surface area contributed by atoms with Crippen molar-refractivity contribution < 1.29 is 13.2 Å². The number of benzene rings is 1. The number of nitrogens with one attached hydrogen (secondary N) is 2. The molecule has 0 aliphatic carbocycles. The van der Waals surface area contributed by atoms with Crippen molar-refractivity contribution in [3.8, 4) is 5.75 Å². The Labute approximate surface area is 120 Å². The molecule has 2 rings (SSSR count). The molecule has 0 amide bonds. The van der Waals surface area contributed by atoms with Gasteiger partial charge in [0.25, 0.3) is 0 Å². The first-order chi connectivity index (χ1) is 9.63. The van der Waals surface area contributed by atoms with Crippen LogP contribution in [0.25, 0.3) is 0 Å². The second-order valence-electron chi connectivity index (χ2n) is 4.91. The first-order valence-electron chi connectivity index (χ1n) is 7.08. The fraction of sp³-hybridized carbons (Fsp3) is 0.571. The SMILES string of the molecule is CCNS(=O)(=O)c1ccccc1OCC1CCCCN1. The van der Waals surface area contributed by atoms with Crippen molar-refractivity contribution >= 4 is 10.0 Å². The summed E-state index contributed by atoms with van der Waals surface area (Å²) in [4.78, 5) is 0.206. The summed E-state index contributed by atoms with van der Waals surface area (Å²) in [5, 5.41) is 3.38. The van der Waals surface area contributed by atoms with Gasteiger partial charge in [-0.15, -0.1) is 0 Å². The fourth-order valence-corrected chi connectivity index (χ4v) is 3.50. The van der Waals surface area contributed by atoms with Crippen molar-refractivity contribution in [2.75, 3.05) is 19.7 Å². The summed E-state index contributed by atoms with van der Waals surface area (Å²) in [6.45, 7) is 3.62. The molecule has 1 aromatic rings. The molecule has 1 atom stereocenters. The van der Waals surface area contributed by atoms with Crippen LogP contribution in [0.5, 0.6) is 5.75 Å². The highest BCUT2D eigenvalue weighted by molar-refractivity contribution is 7.89. The number of hydrogen-bond acceptors (Lipinski definition) is 4. The Morgan fingerprint density at radius 1 is 1.35 bits per heavy atom. The van der Waals surface area contributed by atoms with E-state index >= 15 is 0 Å². The summed E-state index contributed by atoms with van der Waals surface area (Å²) >= 11 is 0. The highest BCUT2D eigenvalue weighted by atomic mass is 32.2. The Bertz CT molecular complexity index is 525. The van der Waals surface area contributed by atoms with Crippen molar-refractivity contribution in [1.82, 2.24) is 10.0 Å². The molecular weight excluding hydrogens is 276 g/mol. The minimum Gasteiger partial charge on any atom is -0.491 e. The lowest BCUT2D eigenvalue weighted by Gasteiger charge is -2.24. The van der Waals surface area contributed by atoms with Gasteiger partial charge in [0.05, 0.1) is 0 Å². The Kier molecular flexibility index (Phi) is 5.39. The zero-order valence-corrected chi connectivity index (χ0v) is 12.6. The van der Waals surface area contributed by atoms with Crippen LogP contribution < -0.4 is 14.8 Å². The smallest absolute Gasteiger partial charge is 0.244 e. The topological polar surface area (TPSA) is 67.4 Å². The van der Waals surface area contributed by atoms with E-state index in [2.05, 4.69) is 10.0 Å². The monoisotopic (exact) mass is 298 g/mol. The molecule has 1 saturated heterocycles. The van der Waals surface area contributed by atoms with Crippen molar-refractivity contribution in [2.24, 2.45) is 0 Å². The molecule has 1 aliphatic rings. The highest BCUT2D eigenvalue weighted by Crippen LogP contribution is 2.23. The molecular formula is C14H22N2O3S. The third kappa shape index (κ3) is 3.94.